The molecule has 1 fully saturated rings. The molecule has 2 rings (SSSR count). The van der Waals surface area contributed by atoms with Gasteiger partial charge in [0.05, 0.1) is 6.04 Å². The molecule has 5 heteroatoms. The molecule has 1 heterocycles. The van der Waals surface area contributed by atoms with Crippen LogP contribution in [0.4, 0.5) is 0 Å². The first-order chi connectivity index (χ1) is 10.7. The first-order valence-corrected chi connectivity index (χ1v) is 8.08. The second kappa shape index (κ2) is 8.41. The van der Waals surface area contributed by atoms with Crippen LogP contribution >= 0.6 is 0 Å². The smallest absolute Gasteiger partial charge is 0.244 e. The van der Waals surface area contributed by atoms with E-state index in [1.807, 2.05) is 30.0 Å². The molecule has 1 aromatic rings. The largest absolute Gasteiger partial charge is 0.357 e. The highest BCUT2D eigenvalue weighted by Crippen LogP contribution is 2.11. The molecule has 1 saturated heterocycles. The van der Waals surface area contributed by atoms with Crippen LogP contribution in [0.5, 0.6) is 0 Å². The fourth-order valence-corrected chi connectivity index (χ4v) is 2.56. The summed E-state index contributed by atoms with van der Waals surface area (Å²) >= 11 is 0. The van der Waals surface area contributed by atoms with Crippen molar-refractivity contribution in [1.82, 2.24) is 15.5 Å². The van der Waals surface area contributed by atoms with Crippen LogP contribution < -0.4 is 10.6 Å². The van der Waals surface area contributed by atoms with E-state index in [-0.39, 0.29) is 18.5 Å². The van der Waals surface area contributed by atoms with Crippen LogP contribution in [0.2, 0.25) is 0 Å². The highest BCUT2D eigenvalue weighted by Gasteiger charge is 2.17. The Kier molecular flexibility index (Phi) is 6.25. The summed E-state index contributed by atoms with van der Waals surface area (Å²) in [6, 6.07) is 10.3. The Hall–Kier alpha value is -2.04. The molecule has 0 aliphatic carbocycles. The number of nitrogens with one attached hydrogen (secondary N) is 2. The molecule has 1 amide bonds. The zero-order chi connectivity index (χ0) is 15.8. The summed E-state index contributed by atoms with van der Waals surface area (Å²) in [7, 11) is 0. The van der Waals surface area contributed by atoms with Gasteiger partial charge in [0.1, 0.15) is 6.54 Å². The van der Waals surface area contributed by atoms with Gasteiger partial charge in [-0.25, -0.2) is 4.99 Å². The number of likely N-dealkylation sites (tertiary alicyclic amines) is 1. The predicted molar refractivity (Wildman–Crippen MR) is 89.8 cm³/mol. The number of rotatable bonds is 5. The molecule has 0 aromatic heterocycles. The Bertz CT molecular complexity index is 495. The molecule has 22 heavy (non-hydrogen) atoms. The average molecular weight is 302 g/mol. The molecule has 1 aliphatic rings. The second-order valence-corrected chi connectivity index (χ2v) is 5.56. The quantitative estimate of drug-likeness (QED) is 0.645. The molecule has 2 N–H and O–H groups in total. The third kappa shape index (κ3) is 4.76. The van der Waals surface area contributed by atoms with Gasteiger partial charge in [-0.05, 0) is 32.3 Å². The highest BCUT2D eigenvalue weighted by atomic mass is 16.2. The van der Waals surface area contributed by atoms with Crippen LogP contribution in [-0.4, -0.2) is 42.9 Å². The summed E-state index contributed by atoms with van der Waals surface area (Å²) < 4.78 is 0. The molecule has 120 valence electrons. The van der Waals surface area contributed by atoms with Gasteiger partial charge in [-0.3, -0.25) is 4.79 Å². The maximum Gasteiger partial charge on any atom is 0.244 e. The summed E-state index contributed by atoms with van der Waals surface area (Å²) in [5, 5.41) is 6.55. The first-order valence-electron chi connectivity index (χ1n) is 8.08. The third-order valence-electron chi connectivity index (χ3n) is 3.83. The Morgan fingerprint density at radius 2 is 1.95 bits per heavy atom. The van der Waals surface area contributed by atoms with Crippen molar-refractivity contribution in [2.45, 2.75) is 32.7 Å². The number of hydrogen-bond acceptors (Lipinski definition) is 2. The maximum absolute atomic E-state index is 12.1. The van der Waals surface area contributed by atoms with Gasteiger partial charge in [0, 0.05) is 19.6 Å². The van der Waals surface area contributed by atoms with Crippen LogP contribution in [0.15, 0.2) is 35.3 Å². The van der Waals surface area contributed by atoms with Gasteiger partial charge >= 0.3 is 0 Å². The number of amides is 1. The standard InChI is InChI=1S/C17H26N4O/c1-3-18-17(19-13-16(22)21-11-7-8-12-21)20-14(2)15-9-5-4-6-10-15/h4-6,9-10,14H,3,7-8,11-13H2,1-2H3,(H2,18,19,20). The lowest BCUT2D eigenvalue weighted by atomic mass is 10.1. The lowest BCUT2D eigenvalue weighted by molar-refractivity contribution is -0.128. The maximum atomic E-state index is 12.1. The summed E-state index contributed by atoms with van der Waals surface area (Å²) in [6.45, 7) is 6.83. The minimum atomic E-state index is 0.113. The Balaban J connectivity index is 1.93. The third-order valence-corrected chi connectivity index (χ3v) is 3.83. The minimum Gasteiger partial charge on any atom is -0.357 e. The van der Waals surface area contributed by atoms with Crippen molar-refractivity contribution in [1.29, 1.82) is 0 Å². The van der Waals surface area contributed by atoms with Crippen molar-refractivity contribution in [3.63, 3.8) is 0 Å². The van der Waals surface area contributed by atoms with Crippen LogP contribution in [0.3, 0.4) is 0 Å². The Labute approximate surface area is 132 Å². The first kappa shape index (κ1) is 16.3. The minimum absolute atomic E-state index is 0.113. The van der Waals surface area contributed by atoms with Gasteiger partial charge in [-0.15, -0.1) is 0 Å². The predicted octanol–water partition coefficient (Wildman–Crippen LogP) is 1.93. The van der Waals surface area contributed by atoms with Gasteiger partial charge in [0.2, 0.25) is 5.91 Å². The van der Waals surface area contributed by atoms with Crippen LogP contribution in [0.25, 0.3) is 0 Å². The monoisotopic (exact) mass is 302 g/mol. The second-order valence-electron chi connectivity index (χ2n) is 5.56. The van der Waals surface area contributed by atoms with E-state index >= 15 is 0 Å². The zero-order valence-corrected chi connectivity index (χ0v) is 13.5. The number of nitrogens with zero attached hydrogens (tertiary/aromatic N) is 2. The molecule has 1 atom stereocenters. The molecular weight excluding hydrogens is 276 g/mol. The Morgan fingerprint density at radius 3 is 2.59 bits per heavy atom. The number of carbonyl (C=O) groups excluding carboxylic acids is 1. The van der Waals surface area contributed by atoms with E-state index in [4.69, 9.17) is 0 Å². The number of aliphatic imine (C=N–C) groups is 1. The molecule has 0 saturated carbocycles. The molecular formula is C17H26N4O. The summed E-state index contributed by atoms with van der Waals surface area (Å²) in [4.78, 5) is 18.4. The highest BCUT2D eigenvalue weighted by molar-refractivity contribution is 5.85. The molecule has 0 radical (unpaired) electrons. The molecule has 0 spiro atoms. The van der Waals surface area contributed by atoms with Gasteiger partial charge in [-0.2, -0.15) is 0 Å². The van der Waals surface area contributed by atoms with Crippen molar-refractivity contribution in [3.05, 3.63) is 35.9 Å². The number of guanidine groups is 1. The van der Waals surface area contributed by atoms with Crippen molar-refractivity contribution in [2.24, 2.45) is 4.99 Å². The van der Waals surface area contributed by atoms with E-state index in [9.17, 15) is 4.79 Å². The van der Waals surface area contributed by atoms with Gasteiger partial charge < -0.3 is 15.5 Å². The lowest BCUT2D eigenvalue weighted by Crippen LogP contribution is -2.40. The van der Waals surface area contributed by atoms with E-state index in [2.05, 4.69) is 34.7 Å². The van der Waals surface area contributed by atoms with E-state index in [1.54, 1.807) is 0 Å². The summed E-state index contributed by atoms with van der Waals surface area (Å²) in [5.41, 5.74) is 1.19. The van der Waals surface area contributed by atoms with Crippen LogP contribution in [0.1, 0.15) is 38.3 Å². The molecule has 0 bridgehead atoms. The van der Waals surface area contributed by atoms with Gasteiger partial charge in [0.15, 0.2) is 5.96 Å². The van der Waals surface area contributed by atoms with E-state index in [0.717, 1.165) is 32.5 Å². The molecule has 5 nitrogen and oxygen atoms in total. The molecule has 1 aromatic carbocycles. The van der Waals surface area contributed by atoms with Gasteiger partial charge in [0.25, 0.3) is 0 Å². The van der Waals surface area contributed by atoms with Crippen molar-refractivity contribution in [2.75, 3.05) is 26.2 Å². The summed E-state index contributed by atoms with van der Waals surface area (Å²) in [5.74, 6) is 0.800. The zero-order valence-electron chi connectivity index (χ0n) is 13.5. The van der Waals surface area contributed by atoms with Crippen LogP contribution in [0, 0.1) is 0 Å². The fraction of sp³-hybridized carbons (Fsp3) is 0.529. The van der Waals surface area contributed by atoms with E-state index in [1.165, 1.54) is 5.56 Å². The van der Waals surface area contributed by atoms with E-state index < -0.39 is 0 Å². The number of carbonyl (C=O) groups is 1. The van der Waals surface area contributed by atoms with Crippen LogP contribution in [-0.2, 0) is 4.79 Å². The topological polar surface area (TPSA) is 56.7 Å². The number of hydrogen-bond donors (Lipinski definition) is 2. The fourth-order valence-electron chi connectivity index (χ4n) is 2.56. The lowest BCUT2D eigenvalue weighted by Gasteiger charge is -2.19. The van der Waals surface area contributed by atoms with Crippen molar-refractivity contribution >= 4 is 11.9 Å². The normalized spacial score (nSPS) is 16.5. The SMILES string of the molecule is CCNC(=NCC(=O)N1CCCC1)NC(C)c1ccccc1. The Morgan fingerprint density at radius 1 is 1.27 bits per heavy atom. The average Bonchev–Trinajstić information content (AvgIpc) is 3.08. The molecule has 1 aliphatic heterocycles. The van der Waals surface area contributed by atoms with Crippen molar-refractivity contribution < 1.29 is 4.79 Å². The van der Waals surface area contributed by atoms with Gasteiger partial charge in [-0.1, -0.05) is 30.3 Å². The van der Waals surface area contributed by atoms with Crippen molar-refractivity contribution in [3.8, 4) is 0 Å². The van der Waals surface area contributed by atoms with E-state index in [0.29, 0.717) is 5.96 Å². The summed E-state index contributed by atoms with van der Waals surface area (Å²) in [6.07, 6.45) is 2.22. The molecule has 1 unspecified atom stereocenters. The number of benzene rings is 1.